The van der Waals surface area contributed by atoms with Crippen LogP contribution in [0.15, 0.2) is 116 Å². The summed E-state index contributed by atoms with van der Waals surface area (Å²) in [6.07, 6.45) is 3.11. The second-order valence-corrected chi connectivity index (χ2v) is 16.6. The molecule has 2 aromatic heterocycles. The first-order valence-corrected chi connectivity index (χ1v) is 16.8. The Kier molecular flexibility index (Phi) is 8.02. The molecule has 2 heterocycles. The first-order valence-electron chi connectivity index (χ1n) is 14.8. The van der Waals surface area contributed by atoms with Gasteiger partial charge in [-0.3, -0.25) is 4.79 Å². The maximum absolute atomic E-state index is 12.8. The van der Waals surface area contributed by atoms with E-state index in [0.29, 0.717) is 29.2 Å². The van der Waals surface area contributed by atoms with E-state index in [4.69, 9.17) is 4.43 Å². The van der Waals surface area contributed by atoms with Gasteiger partial charge in [-0.15, -0.1) is 0 Å². The van der Waals surface area contributed by atoms with Gasteiger partial charge in [-0.2, -0.15) is 0 Å². The first-order chi connectivity index (χ1) is 21.3. The zero-order valence-electron chi connectivity index (χ0n) is 25.2. The van der Waals surface area contributed by atoms with Crippen LogP contribution in [-0.4, -0.2) is 52.1 Å². The van der Waals surface area contributed by atoms with Crippen molar-refractivity contribution in [2.24, 2.45) is 11.8 Å². The van der Waals surface area contributed by atoms with Gasteiger partial charge in [0.05, 0.1) is 12.4 Å². The molecule has 0 bridgehead atoms. The molecule has 0 radical (unpaired) electrons. The van der Waals surface area contributed by atoms with Crippen LogP contribution in [0.3, 0.4) is 0 Å². The Balaban J connectivity index is 1.28. The number of amides is 1. The topological polar surface area (TPSA) is 102 Å². The van der Waals surface area contributed by atoms with Crippen molar-refractivity contribution in [3.63, 3.8) is 0 Å². The van der Waals surface area contributed by atoms with Gasteiger partial charge < -0.3 is 19.4 Å². The Morgan fingerprint density at radius 1 is 0.932 bits per heavy atom. The van der Waals surface area contributed by atoms with Crippen LogP contribution in [0.4, 0.5) is 5.82 Å². The van der Waals surface area contributed by atoms with Crippen LogP contribution in [-0.2, 0) is 4.43 Å². The van der Waals surface area contributed by atoms with Gasteiger partial charge in [0.1, 0.15) is 6.33 Å². The highest BCUT2D eigenvalue weighted by Gasteiger charge is 2.53. The molecular weight excluding hydrogens is 567 g/mol. The monoisotopic (exact) mass is 603 g/mol. The molecule has 8 nitrogen and oxygen atoms in total. The van der Waals surface area contributed by atoms with E-state index in [9.17, 15) is 9.90 Å². The molecule has 3 atom stereocenters. The number of nitrogens with one attached hydrogen (secondary N) is 1. The fourth-order valence-corrected chi connectivity index (χ4v) is 11.2. The molecule has 1 aliphatic carbocycles. The van der Waals surface area contributed by atoms with Crippen molar-refractivity contribution in [3.05, 3.63) is 121 Å². The third kappa shape index (κ3) is 5.06. The summed E-state index contributed by atoms with van der Waals surface area (Å²) < 4.78 is 9.13. The lowest BCUT2D eigenvalue weighted by Gasteiger charge is -2.50. The molecule has 0 unspecified atom stereocenters. The third-order valence-electron chi connectivity index (χ3n) is 8.81. The lowest BCUT2D eigenvalue weighted by Crippen LogP contribution is -2.67. The molecule has 1 saturated carbocycles. The lowest BCUT2D eigenvalue weighted by atomic mass is 9.66. The highest BCUT2D eigenvalue weighted by Crippen LogP contribution is 2.50. The smallest absolute Gasteiger partial charge is 0.261 e. The molecule has 1 fully saturated rings. The number of anilines is 1. The number of carbonyl (C=O) groups excluding carboxylic acids is 1. The van der Waals surface area contributed by atoms with Gasteiger partial charge in [0.2, 0.25) is 0 Å². The van der Waals surface area contributed by atoms with Crippen LogP contribution in [0, 0.1) is 11.8 Å². The van der Waals surface area contributed by atoms with Crippen LogP contribution in [0.2, 0.25) is 5.04 Å². The average molecular weight is 604 g/mol. The molecule has 224 valence electrons. The minimum absolute atomic E-state index is 0.0409. The van der Waals surface area contributed by atoms with Gasteiger partial charge in [-0.25, -0.2) is 15.0 Å². The van der Waals surface area contributed by atoms with Crippen molar-refractivity contribution in [2.75, 3.05) is 18.5 Å². The van der Waals surface area contributed by atoms with Gasteiger partial charge >= 0.3 is 0 Å². The van der Waals surface area contributed by atoms with E-state index in [0.717, 1.165) is 5.57 Å². The molecular formula is C35H37N5O3Si. The molecule has 9 heteroatoms. The highest BCUT2D eigenvalue weighted by molar-refractivity contribution is 6.99. The second-order valence-electron chi connectivity index (χ2n) is 12.3. The first kappa shape index (κ1) is 29.6. The quantitative estimate of drug-likeness (QED) is 0.182. The largest absolute Gasteiger partial charge is 0.407 e. The summed E-state index contributed by atoms with van der Waals surface area (Å²) in [6.45, 7) is 11.6. The predicted octanol–water partition coefficient (Wildman–Crippen LogP) is 4.99. The van der Waals surface area contributed by atoms with Crippen LogP contribution < -0.4 is 15.7 Å². The highest BCUT2D eigenvalue weighted by atomic mass is 28.4. The number of hydrogen-bond acceptors (Lipinski definition) is 6. The Hall–Kier alpha value is -4.44. The van der Waals surface area contributed by atoms with E-state index in [1.54, 1.807) is 18.5 Å². The number of imidazole rings is 1. The molecule has 44 heavy (non-hydrogen) atoms. The van der Waals surface area contributed by atoms with Gasteiger partial charge in [-0.1, -0.05) is 106 Å². The predicted molar refractivity (Wildman–Crippen MR) is 176 cm³/mol. The number of nitrogens with zero attached hydrogens (tertiary/aromatic N) is 4. The number of aliphatic hydroxyl groups is 1. The lowest BCUT2D eigenvalue weighted by molar-refractivity contribution is 0.0580. The maximum atomic E-state index is 12.8. The van der Waals surface area contributed by atoms with Crippen LogP contribution in [0.25, 0.3) is 11.2 Å². The van der Waals surface area contributed by atoms with E-state index in [2.05, 4.69) is 96.1 Å². The van der Waals surface area contributed by atoms with Gasteiger partial charge in [0, 0.05) is 30.6 Å². The Labute approximate surface area is 258 Å². The number of benzene rings is 3. The van der Waals surface area contributed by atoms with Crippen LogP contribution in [0.5, 0.6) is 0 Å². The zero-order chi connectivity index (χ0) is 30.9. The van der Waals surface area contributed by atoms with Crippen molar-refractivity contribution in [1.29, 1.82) is 0 Å². The summed E-state index contributed by atoms with van der Waals surface area (Å²) in [7, 11) is -2.75. The van der Waals surface area contributed by atoms with E-state index >= 15 is 0 Å². The molecule has 0 saturated heterocycles. The minimum atomic E-state index is -2.75. The molecule has 0 aliphatic heterocycles. The zero-order valence-corrected chi connectivity index (χ0v) is 26.2. The molecule has 5 aromatic rings. The Morgan fingerprint density at radius 3 is 2.09 bits per heavy atom. The van der Waals surface area contributed by atoms with Gasteiger partial charge in [0.15, 0.2) is 17.0 Å². The third-order valence-corrected chi connectivity index (χ3v) is 13.8. The number of hydrogen-bond donors (Lipinski definition) is 2. The molecule has 1 aliphatic rings. The number of fused-ring (bicyclic) bond motifs is 1. The van der Waals surface area contributed by atoms with Crippen molar-refractivity contribution in [3.8, 4) is 0 Å². The van der Waals surface area contributed by atoms with Gasteiger partial charge in [0.25, 0.3) is 14.2 Å². The average Bonchev–Trinajstić information content (AvgIpc) is 3.46. The maximum Gasteiger partial charge on any atom is 0.261 e. The summed E-state index contributed by atoms with van der Waals surface area (Å²) in [5.41, 5.74) is 2.53. The van der Waals surface area contributed by atoms with Crippen molar-refractivity contribution >= 4 is 41.6 Å². The van der Waals surface area contributed by atoms with Crippen LogP contribution >= 0.6 is 0 Å². The Bertz CT molecular complexity index is 1730. The summed E-state index contributed by atoms with van der Waals surface area (Å²) in [6, 6.07) is 29.8. The summed E-state index contributed by atoms with van der Waals surface area (Å²) in [5.74, 6) is -0.139. The number of aliphatic hydroxyl groups excluding tert-OH is 1. The minimum Gasteiger partial charge on any atom is -0.407 e. The second kappa shape index (κ2) is 11.9. The Morgan fingerprint density at radius 2 is 1.52 bits per heavy atom. The fraction of sp³-hybridized carbons (Fsp3) is 0.257. The van der Waals surface area contributed by atoms with E-state index < -0.39 is 8.32 Å². The van der Waals surface area contributed by atoms with E-state index in [1.807, 2.05) is 34.9 Å². The molecule has 1 amide bonds. The summed E-state index contributed by atoms with van der Waals surface area (Å²) in [5, 5.41) is 15.8. The molecule has 3 aromatic carbocycles. The standard InChI is InChI=1S/C35H37N5O3Si/c1-24-29(21-43-44(35(2,3)4,26-16-10-6-11-17-26)27-18-12-7-13-19-27)28(20-41)31(24)40-23-38-30-32(36-22-37-33(30)40)39-34(42)25-14-8-5-9-15-25/h5-19,22-23,28-29,31,41H,1,20-21H2,2-4H3,(H,36,37,39,42)/t28-,29+,31-/m1/s1. The number of carbonyl (C=O) groups is 1. The van der Waals surface area contributed by atoms with Gasteiger partial charge in [-0.05, 0) is 33.1 Å². The normalized spacial score (nSPS) is 18.6. The number of aromatic nitrogens is 4. The summed E-state index contributed by atoms with van der Waals surface area (Å²) in [4.78, 5) is 26.2. The van der Waals surface area contributed by atoms with E-state index in [1.165, 1.54) is 16.7 Å². The SMILES string of the molecule is C=C1[C@@H](n2cnc3c(NC(=O)c4ccccc4)ncnc32)[C@H](CO)[C@H]1CO[Si](c1ccccc1)(c1ccccc1)C(C)(C)C. The fourth-order valence-electron chi connectivity index (χ4n) is 6.61. The number of rotatable bonds is 9. The van der Waals surface area contributed by atoms with Crippen LogP contribution in [0.1, 0.15) is 37.2 Å². The van der Waals surface area contributed by atoms with Crippen molar-refractivity contribution in [2.45, 2.75) is 31.9 Å². The van der Waals surface area contributed by atoms with Crippen molar-refractivity contribution < 1.29 is 14.3 Å². The van der Waals surface area contributed by atoms with E-state index in [-0.39, 0.29) is 35.4 Å². The molecule has 6 rings (SSSR count). The molecule has 0 spiro atoms. The molecule has 2 N–H and O–H groups in total. The summed E-state index contributed by atoms with van der Waals surface area (Å²) >= 11 is 0. The van der Waals surface area contributed by atoms with Crippen molar-refractivity contribution in [1.82, 2.24) is 19.5 Å².